The average Bonchev–Trinajstić information content (AvgIpc) is 2.18. The molecule has 1 aliphatic carbocycles. The Balaban J connectivity index is 2.41. The van der Waals surface area contributed by atoms with Crippen LogP contribution in [0.25, 0.3) is 0 Å². The highest BCUT2D eigenvalue weighted by atomic mass is 16.5. The Labute approximate surface area is 88.4 Å². The Morgan fingerprint density at radius 2 is 1.93 bits per heavy atom. The van der Waals surface area contributed by atoms with Crippen LogP contribution in [0, 0.1) is 5.92 Å². The van der Waals surface area contributed by atoms with Gasteiger partial charge in [-0.3, -0.25) is 0 Å². The number of rotatable bonds is 4. The van der Waals surface area contributed by atoms with Gasteiger partial charge in [-0.05, 0) is 31.6 Å². The van der Waals surface area contributed by atoms with Crippen LogP contribution in [0.2, 0.25) is 0 Å². The van der Waals surface area contributed by atoms with Crippen LogP contribution in [-0.2, 0) is 4.74 Å². The zero-order valence-corrected chi connectivity index (χ0v) is 10.1. The molecule has 0 amide bonds. The summed E-state index contributed by atoms with van der Waals surface area (Å²) in [4.78, 5) is 0. The highest BCUT2D eigenvalue weighted by Crippen LogP contribution is 2.33. The summed E-state index contributed by atoms with van der Waals surface area (Å²) in [7, 11) is 1.86. The van der Waals surface area contributed by atoms with E-state index in [1.54, 1.807) is 0 Å². The number of hydrogen-bond acceptors (Lipinski definition) is 2. The van der Waals surface area contributed by atoms with E-state index in [-0.39, 0.29) is 5.60 Å². The predicted octanol–water partition coefficient (Wildman–Crippen LogP) is 2.58. The van der Waals surface area contributed by atoms with Crippen molar-refractivity contribution >= 4 is 0 Å². The minimum Gasteiger partial charge on any atom is -0.377 e. The zero-order valence-electron chi connectivity index (χ0n) is 10.1. The van der Waals surface area contributed by atoms with E-state index < -0.39 is 0 Å². The van der Waals surface area contributed by atoms with E-state index >= 15 is 0 Å². The first kappa shape index (κ1) is 12.0. The monoisotopic (exact) mass is 199 g/mol. The lowest BCUT2D eigenvalue weighted by Gasteiger charge is -2.39. The summed E-state index contributed by atoms with van der Waals surface area (Å²) in [5.74, 6) is 0.886. The molecule has 1 rings (SSSR count). The summed E-state index contributed by atoms with van der Waals surface area (Å²) < 4.78 is 5.72. The van der Waals surface area contributed by atoms with Crippen molar-refractivity contribution < 1.29 is 4.74 Å². The number of hydrogen-bond donors (Lipinski definition) is 1. The molecule has 1 aliphatic rings. The molecular weight excluding hydrogens is 174 g/mol. The van der Waals surface area contributed by atoms with Gasteiger partial charge in [-0.25, -0.2) is 0 Å². The van der Waals surface area contributed by atoms with Crippen molar-refractivity contribution in [2.24, 2.45) is 5.92 Å². The Bertz CT molecular complexity index is 160. The van der Waals surface area contributed by atoms with Crippen LogP contribution in [-0.4, -0.2) is 25.3 Å². The lowest BCUT2D eigenvalue weighted by atomic mass is 9.79. The molecule has 84 valence electrons. The van der Waals surface area contributed by atoms with Crippen molar-refractivity contribution in [3.8, 4) is 0 Å². The molecule has 0 radical (unpaired) electrons. The molecule has 2 nitrogen and oxygen atoms in total. The summed E-state index contributed by atoms with van der Waals surface area (Å²) in [6.45, 7) is 7.73. The first-order valence-electron chi connectivity index (χ1n) is 5.86. The van der Waals surface area contributed by atoms with Crippen LogP contribution in [0.15, 0.2) is 0 Å². The molecule has 0 aliphatic heterocycles. The van der Waals surface area contributed by atoms with E-state index in [1.165, 1.54) is 25.7 Å². The largest absolute Gasteiger partial charge is 0.377 e. The molecule has 0 atom stereocenters. The van der Waals surface area contributed by atoms with Crippen molar-refractivity contribution in [2.75, 3.05) is 13.7 Å². The Morgan fingerprint density at radius 3 is 2.36 bits per heavy atom. The first-order valence-corrected chi connectivity index (χ1v) is 5.86. The molecule has 0 aromatic carbocycles. The molecule has 14 heavy (non-hydrogen) atoms. The highest BCUT2D eigenvalue weighted by molar-refractivity contribution is 4.88. The molecule has 1 saturated carbocycles. The number of methoxy groups -OCH3 is 1. The van der Waals surface area contributed by atoms with Gasteiger partial charge in [0.1, 0.15) is 0 Å². The van der Waals surface area contributed by atoms with Gasteiger partial charge in [0.05, 0.1) is 5.60 Å². The fourth-order valence-corrected chi connectivity index (χ4v) is 2.13. The molecule has 0 aromatic heterocycles. The molecule has 0 bridgehead atoms. The van der Waals surface area contributed by atoms with Crippen molar-refractivity contribution in [3.63, 3.8) is 0 Å². The Kier molecular flexibility index (Phi) is 4.39. The van der Waals surface area contributed by atoms with E-state index in [9.17, 15) is 0 Å². The topological polar surface area (TPSA) is 21.3 Å². The lowest BCUT2D eigenvalue weighted by molar-refractivity contribution is -0.0469. The quantitative estimate of drug-likeness (QED) is 0.751. The van der Waals surface area contributed by atoms with E-state index in [4.69, 9.17) is 4.74 Å². The third kappa shape index (κ3) is 3.25. The molecule has 0 saturated heterocycles. The van der Waals surface area contributed by atoms with E-state index in [2.05, 4.69) is 26.1 Å². The predicted molar refractivity (Wildman–Crippen MR) is 60.5 cm³/mol. The van der Waals surface area contributed by atoms with Crippen LogP contribution in [0.1, 0.15) is 46.5 Å². The SMILES string of the molecule is COC1(CNC(C)C)CCC(C)CC1. The molecule has 0 unspecified atom stereocenters. The minimum absolute atomic E-state index is 0.122. The van der Waals surface area contributed by atoms with Gasteiger partial charge in [0.15, 0.2) is 0 Å². The molecule has 0 heterocycles. The van der Waals surface area contributed by atoms with Crippen molar-refractivity contribution in [3.05, 3.63) is 0 Å². The third-order valence-corrected chi connectivity index (χ3v) is 3.45. The summed E-state index contributed by atoms with van der Waals surface area (Å²) in [6.07, 6.45) is 5.05. The normalized spacial score (nSPS) is 33.6. The maximum atomic E-state index is 5.72. The second-order valence-corrected chi connectivity index (χ2v) is 5.11. The van der Waals surface area contributed by atoms with Gasteiger partial charge >= 0.3 is 0 Å². The van der Waals surface area contributed by atoms with Gasteiger partial charge in [-0.1, -0.05) is 20.8 Å². The van der Waals surface area contributed by atoms with Crippen LogP contribution in [0.5, 0.6) is 0 Å². The number of ether oxygens (including phenoxy) is 1. The maximum absolute atomic E-state index is 5.72. The van der Waals surface area contributed by atoms with Gasteiger partial charge in [-0.2, -0.15) is 0 Å². The molecular formula is C12H25NO. The molecule has 2 heteroatoms. The van der Waals surface area contributed by atoms with Crippen LogP contribution in [0.3, 0.4) is 0 Å². The average molecular weight is 199 g/mol. The van der Waals surface area contributed by atoms with E-state index in [0.717, 1.165) is 12.5 Å². The lowest BCUT2D eigenvalue weighted by Crippen LogP contribution is -2.46. The molecule has 0 aromatic rings. The summed E-state index contributed by atoms with van der Waals surface area (Å²) in [6, 6.07) is 0.557. The van der Waals surface area contributed by atoms with Crippen molar-refractivity contribution in [1.29, 1.82) is 0 Å². The Hall–Kier alpha value is -0.0800. The smallest absolute Gasteiger partial charge is 0.0802 e. The van der Waals surface area contributed by atoms with E-state index in [0.29, 0.717) is 6.04 Å². The van der Waals surface area contributed by atoms with Gasteiger partial charge < -0.3 is 10.1 Å². The summed E-state index contributed by atoms with van der Waals surface area (Å²) in [5.41, 5.74) is 0.122. The molecule has 0 spiro atoms. The second kappa shape index (κ2) is 5.13. The highest BCUT2D eigenvalue weighted by Gasteiger charge is 2.33. The van der Waals surface area contributed by atoms with Gasteiger partial charge in [0.2, 0.25) is 0 Å². The fourth-order valence-electron chi connectivity index (χ4n) is 2.13. The standard InChI is InChI=1S/C12H25NO/c1-10(2)13-9-12(14-4)7-5-11(3)6-8-12/h10-11,13H,5-9H2,1-4H3. The summed E-state index contributed by atoms with van der Waals surface area (Å²) >= 11 is 0. The first-order chi connectivity index (χ1) is 6.58. The Morgan fingerprint density at radius 1 is 1.36 bits per heavy atom. The third-order valence-electron chi connectivity index (χ3n) is 3.45. The zero-order chi connectivity index (χ0) is 10.6. The van der Waals surface area contributed by atoms with Crippen LogP contribution < -0.4 is 5.32 Å². The van der Waals surface area contributed by atoms with Crippen LogP contribution >= 0.6 is 0 Å². The van der Waals surface area contributed by atoms with Gasteiger partial charge in [0, 0.05) is 19.7 Å². The summed E-state index contributed by atoms with van der Waals surface area (Å²) in [5, 5.41) is 3.50. The van der Waals surface area contributed by atoms with Crippen molar-refractivity contribution in [2.45, 2.75) is 58.1 Å². The molecule has 1 fully saturated rings. The van der Waals surface area contributed by atoms with Crippen LogP contribution in [0.4, 0.5) is 0 Å². The van der Waals surface area contributed by atoms with Gasteiger partial charge in [-0.15, -0.1) is 0 Å². The second-order valence-electron chi connectivity index (χ2n) is 5.11. The maximum Gasteiger partial charge on any atom is 0.0802 e. The van der Waals surface area contributed by atoms with E-state index in [1.807, 2.05) is 7.11 Å². The van der Waals surface area contributed by atoms with Crippen molar-refractivity contribution in [1.82, 2.24) is 5.32 Å². The molecule has 1 N–H and O–H groups in total. The fraction of sp³-hybridized carbons (Fsp3) is 1.00. The number of nitrogens with one attached hydrogen (secondary N) is 1. The minimum atomic E-state index is 0.122. The van der Waals surface area contributed by atoms with Gasteiger partial charge in [0.25, 0.3) is 0 Å².